The molecule has 0 bridgehead atoms. The molecule has 1 aliphatic heterocycles. The minimum Gasteiger partial charge on any atom is -0.402 e. The minimum atomic E-state index is -0.564. The number of esters is 1. The van der Waals surface area contributed by atoms with Crippen molar-refractivity contribution in [2.24, 2.45) is 4.99 Å². The monoisotopic (exact) mass is 351 g/mol. The van der Waals surface area contributed by atoms with Crippen molar-refractivity contribution in [3.8, 4) is 0 Å². The van der Waals surface area contributed by atoms with Crippen LogP contribution in [0.25, 0.3) is 6.08 Å². The molecule has 22 heavy (non-hydrogen) atoms. The van der Waals surface area contributed by atoms with Crippen LogP contribution in [-0.4, -0.2) is 11.9 Å². The highest BCUT2D eigenvalue weighted by atomic mass is 35.5. The number of carbonyl (C=O) groups excluding carboxylic acids is 1. The zero-order valence-corrected chi connectivity index (χ0v) is 13.3. The summed E-state index contributed by atoms with van der Waals surface area (Å²) in [5.74, 6) is -0.443. The molecule has 0 saturated heterocycles. The first-order valence-electron chi connectivity index (χ1n) is 6.28. The van der Waals surface area contributed by atoms with Crippen molar-refractivity contribution >= 4 is 52.7 Å². The van der Waals surface area contributed by atoms with Crippen LogP contribution < -0.4 is 0 Å². The molecule has 110 valence electrons. The molecular formula is C16H8Cl3NO2. The SMILES string of the molecule is O=C1OC(c2cccc(Cl)c2Cl)=N/C1=C/c1ccccc1Cl. The molecule has 0 N–H and O–H groups in total. The van der Waals surface area contributed by atoms with E-state index >= 15 is 0 Å². The Morgan fingerprint density at radius 2 is 1.68 bits per heavy atom. The van der Waals surface area contributed by atoms with Crippen LogP contribution in [0, 0.1) is 0 Å². The Morgan fingerprint density at radius 1 is 0.955 bits per heavy atom. The topological polar surface area (TPSA) is 38.7 Å². The molecule has 0 aromatic heterocycles. The highest BCUT2D eigenvalue weighted by Crippen LogP contribution is 2.29. The third-order valence-corrected chi connectivity index (χ3v) is 4.16. The maximum Gasteiger partial charge on any atom is 0.363 e. The van der Waals surface area contributed by atoms with Crippen LogP contribution in [0.3, 0.4) is 0 Å². The van der Waals surface area contributed by atoms with Crippen molar-refractivity contribution < 1.29 is 9.53 Å². The summed E-state index contributed by atoms with van der Waals surface area (Å²) in [6.45, 7) is 0. The Bertz CT molecular complexity index is 828. The van der Waals surface area contributed by atoms with E-state index in [1.54, 1.807) is 42.5 Å². The number of rotatable bonds is 2. The molecule has 2 aromatic rings. The van der Waals surface area contributed by atoms with Gasteiger partial charge in [0.15, 0.2) is 5.70 Å². The van der Waals surface area contributed by atoms with Crippen LogP contribution in [0.2, 0.25) is 15.1 Å². The zero-order chi connectivity index (χ0) is 15.7. The summed E-state index contributed by atoms with van der Waals surface area (Å²) >= 11 is 18.1. The summed E-state index contributed by atoms with van der Waals surface area (Å²) in [5, 5.41) is 1.17. The lowest BCUT2D eigenvalue weighted by Gasteiger charge is -2.03. The van der Waals surface area contributed by atoms with Gasteiger partial charge >= 0.3 is 5.97 Å². The van der Waals surface area contributed by atoms with Crippen LogP contribution in [0.15, 0.2) is 53.2 Å². The Kier molecular flexibility index (Phi) is 4.21. The van der Waals surface area contributed by atoms with Crippen molar-refractivity contribution in [2.75, 3.05) is 0 Å². The second-order valence-electron chi connectivity index (χ2n) is 4.46. The third kappa shape index (κ3) is 2.88. The van der Waals surface area contributed by atoms with Crippen molar-refractivity contribution in [2.45, 2.75) is 0 Å². The molecular weight excluding hydrogens is 345 g/mol. The van der Waals surface area contributed by atoms with Gasteiger partial charge in [-0.25, -0.2) is 9.79 Å². The van der Waals surface area contributed by atoms with Gasteiger partial charge in [-0.1, -0.05) is 59.1 Å². The van der Waals surface area contributed by atoms with E-state index in [1.165, 1.54) is 0 Å². The first-order chi connectivity index (χ1) is 10.6. The molecule has 6 heteroatoms. The van der Waals surface area contributed by atoms with Gasteiger partial charge in [-0.05, 0) is 29.8 Å². The Hall–Kier alpha value is -1.81. The fourth-order valence-corrected chi connectivity index (χ4v) is 2.50. The second kappa shape index (κ2) is 6.13. The minimum absolute atomic E-state index is 0.121. The van der Waals surface area contributed by atoms with Crippen LogP contribution >= 0.6 is 34.8 Å². The van der Waals surface area contributed by atoms with Gasteiger partial charge in [-0.3, -0.25) is 0 Å². The summed E-state index contributed by atoms with van der Waals surface area (Å²) < 4.78 is 5.16. The summed E-state index contributed by atoms with van der Waals surface area (Å²) in [4.78, 5) is 16.1. The molecule has 0 spiro atoms. The molecule has 3 rings (SSSR count). The predicted molar refractivity (Wildman–Crippen MR) is 88.5 cm³/mol. The Morgan fingerprint density at radius 3 is 2.45 bits per heavy atom. The molecule has 2 aromatic carbocycles. The molecule has 0 saturated carbocycles. The lowest BCUT2D eigenvalue weighted by Crippen LogP contribution is -2.06. The number of hydrogen-bond acceptors (Lipinski definition) is 3. The Labute approximate surface area is 141 Å². The molecule has 0 unspecified atom stereocenters. The fraction of sp³-hybridized carbons (Fsp3) is 0. The smallest absolute Gasteiger partial charge is 0.363 e. The van der Waals surface area contributed by atoms with Gasteiger partial charge in [-0.2, -0.15) is 0 Å². The van der Waals surface area contributed by atoms with Crippen molar-refractivity contribution in [3.05, 3.63) is 74.4 Å². The number of hydrogen-bond donors (Lipinski definition) is 0. The Balaban J connectivity index is 2.02. The van der Waals surface area contributed by atoms with Crippen molar-refractivity contribution in [1.82, 2.24) is 0 Å². The summed E-state index contributed by atoms with van der Waals surface area (Å²) in [7, 11) is 0. The molecule has 0 amide bonds. The standard InChI is InChI=1S/C16H8Cl3NO2/c17-11-6-2-1-4-9(11)8-13-16(21)22-15(20-13)10-5-3-7-12(18)14(10)19/h1-8H/b13-8+. The molecule has 0 radical (unpaired) electrons. The quantitative estimate of drug-likeness (QED) is 0.564. The second-order valence-corrected chi connectivity index (χ2v) is 5.65. The van der Waals surface area contributed by atoms with Crippen LogP contribution in [0.1, 0.15) is 11.1 Å². The van der Waals surface area contributed by atoms with Gasteiger partial charge in [0.25, 0.3) is 0 Å². The van der Waals surface area contributed by atoms with Gasteiger partial charge in [0.2, 0.25) is 5.90 Å². The van der Waals surface area contributed by atoms with Crippen LogP contribution in [0.4, 0.5) is 0 Å². The summed E-state index contributed by atoms with van der Waals surface area (Å²) in [6, 6.07) is 12.2. The lowest BCUT2D eigenvalue weighted by atomic mass is 10.2. The van der Waals surface area contributed by atoms with E-state index in [9.17, 15) is 4.79 Å². The number of halogens is 3. The van der Waals surface area contributed by atoms with E-state index in [-0.39, 0.29) is 16.6 Å². The van der Waals surface area contributed by atoms with Gasteiger partial charge in [0.1, 0.15) is 0 Å². The number of aliphatic imine (C=N–C) groups is 1. The van der Waals surface area contributed by atoms with E-state index in [4.69, 9.17) is 39.5 Å². The normalized spacial score (nSPS) is 15.9. The third-order valence-electron chi connectivity index (χ3n) is 3.00. The van der Waals surface area contributed by atoms with Crippen molar-refractivity contribution in [1.29, 1.82) is 0 Å². The van der Waals surface area contributed by atoms with E-state index in [0.29, 0.717) is 21.2 Å². The van der Waals surface area contributed by atoms with E-state index < -0.39 is 5.97 Å². The zero-order valence-electron chi connectivity index (χ0n) is 11.0. The average molecular weight is 353 g/mol. The number of ether oxygens (including phenoxy) is 1. The molecule has 1 aliphatic rings. The molecule has 0 aliphatic carbocycles. The highest BCUT2D eigenvalue weighted by molar-refractivity contribution is 6.44. The molecule has 1 heterocycles. The van der Waals surface area contributed by atoms with Gasteiger partial charge < -0.3 is 4.74 Å². The number of carbonyl (C=O) groups is 1. The highest BCUT2D eigenvalue weighted by Gasteiger charge is 2.26. The largest absolute Gasteiger partial charge is 0.402 e. The predicted octanol–water partition coefficient (Wildman–Crippen LogP) is 4.99. The number of cyclic esters (lactones) is 1. The van der Waals surface area contributed by atoms with Crippen LogP contribution in [0.5, 0.6) is 0 Å². The van der Waals surface area contributed by atoms with Crippen molar-refractivity contribution in [3.63, 3.8) is 0 Å². The maximum atomic E-state index is 11.9. The molecule has 3 nitrogen and oxygen atoms in total. The van der Waals surface area contributed by atoms with Gasteiger partial charge in [0.05, 0.1) is 15.6 Å². The van der Waals surface area contributed by atoms with Crippen LogP contribution in [-0.2, 0) is 9.53 Å². The molecule has 0 atom stereocenters. The number of benzene rings is 2. The average Bonchev–Trinajstić information content (AvgIpc) is 2.85. The first-order valence-corrected chi connectivity index (χ1v) is 7.41. The number of nitrogens with zero attached hydrogens (tertiary/aromatic N) is 1. The summed E-state index contributed by atoms with van der Waals surface area (Å²) in [5.41, 5.74) is 1.29. The summed E-state index contributed by atoms with van der Waals surface area (Å²) in [6.07, 6.45) is 1.57. The molecule has 0 fully saturated rings. The van der Waals surface area contributed by atoms with E-state index in [2.05, 4.69) is 4.99 Å². The van der Waals surface area contributed by atoms with Gasteiger partial charge in [-0.15, -0.1) is 0 Å². The first kappa shape index (κ1) is 15.1. The van der Waals surface area contributed by atoms with E-state index in [0.717, 1.165) is 0 Å². The fourth-order valence-electron chi connectivity index (χ4n) is 1.93. The van der Waals surface area contributed by atoms with Gasteiger partial charge in [0, 0.05) is 5.02 Å². The van der Waals surface area contributed by atoms with E-state index in [1.807, 2.05) is 6.07 Å². The maximum absolute atomic E-state index is 11.9. The lowest BCUT2D eigenvalue weighted by molar-refractivity contribution is -0.129.